The first kappa shape index (κ1) is 33.8. The van der Waals surface area contributed by atoms with Gasteiger partial charge in [0.25, 0.3) is 5.56 Å². The van der Waals surface area contributed by atoms with Crippen molar-refractivity contribution >= 4 is 49.9 Å². The molecule has 0 unspecified atom stereocenters. The SMILES string of the molecule is CC1(C)c2ccccc2-c2c(N(c3ccc(-c4ccccc4)cc3)c3ccc4oc5cccc(-c6nc7ccccc7c(=O)n6-c6ccccc6)c5c4c3)cccc21. The predicted molar refractivity (Wildman–Crippen MR) is 238 cm³/mol. The van der Waals surface area contributed by atoms with Crippen molar-refractivity contribution in [2.24, 2.45) is 0 Å². The third kappa shape index (κ3) is 5.17. The summed E-state index contributed by atoms with van der Waals surface area (Å²) >= 11 is 0. The average Bonchev–Trinajstić information content (AvgIpc) is 3.76. The molecule has 0 spiro atoms. The van der Waals surface area contributed by atoms with Crippen molar-refractivity contribution in [1.29, 1.82) is 0 Å². The highest BCUT2D eigenvalue weighted by atomic mass is 16.3. The normalized spacial score (nSPS) is 12.9. The Balaban J connectivity index is 1.17. The Hall–Kier alpha value is -7.50. The fraction of sp³-hybridized carbons (Fsp3) is 0.0566. The van der Waals surface area contributed by atoms with Crippen LogP contribution in [0.3, 0.4) is 0 Å². The van der Waals surface area contributed by atoms with E-state index in [2.05, 4.69) is 128 Å². The van der Waals surface area contributed by atoms with Crippen molar-refractivity contribution in [1.82, 2.24) is 9.55 Å². The van der Waals surface area contributed by atoms with Crippen LogP contribution in [0, 0.1) is 0 Å². The van der Waals surface area contributed by atoms with Gasteiger partial charge in [-0.15, -0.1) is 0 Å². The van der Waals surface area contributed by atoms with Crippen LogP contribution in [0.5, 0.6) is 0 Å². The molecule has 1 aliphatic rings. The lowest BCUT2D eigenvalue weighted by molar-refractivity contribution is 0.660. The van der Waals surface area contributed by atoms with Crippen LogP contribution in [-0.4, -0.2) is 9.55 Å². The van der Waals surface area contributed by atoms with Gasteiger partial charge >= 0.3 is 0 Å². The van der Waals surface area contributed by atoms with Crippen LogP contribution in [0.1, 0.15) is 25.0 Å². The average molecular weight is 748 g/mol. The van der Waals surface area contributed by atoms with Crippen molar-refractivity contribution in [2.45, 2.75) is 19.3 Å². The second-order valence-electron chi connectivity index (χ2n) is 15.5. The fourth-order valence-electron chi connectivity index (χ4n) is 9.05. The molecule has 0 amide bonds. The van der Waals surface area contributed by atoms with Crippen LogP contribution in [-0.2, 0) is 5.41 Å². The molecular formula is C53H37N3O2. The van der Waals surface area contributed by atoms with Crippen LogP contribution < -0.4 is 10.5 Å². The maximum Gasteiger partial charge on any atom is 0.266 e. The van der Waals surface area contributed by atoms with Gasteiger partial charge in [-0.25, -0.2) is 4.98 Å². The van der Waals surface area contributed by atoms with Crippen LogP contribution in [0.2, 0.25) is 0 Å². The second-order valence-corrected chi connectivity index (χ2v) is 15.5. The van der Waals surface area contributed by atoms with E-state index < -0.39 is 0 Å². The van der Waals surface area contributed by atoms with E-state index in [1.165, 1.54) is 27.8 Å². The molecule has 0 saturated carbocycles. The van der Waals surface area contributed by atoms with Gasteiger partial charge in [0.05, 0.1) is 22.3 Å². The van der Waals surface area contributed by atoms with E-state index in [-0.39, 0.29) is 11.0 Å². The minimum absolute atomic E-state index is 0.122. The molecule has 0 aliphatic heterocycles. The van der Waals surface area contributed by atoms with Crippen molar-refractivity contribution in [3.63, 3.8) is 0 Å². The molecule has 10 aromatic rings. The lowest BCUT2D eigenvalue weighted by Gasteiger charge is -2.29. The lowest BCUT2D eigenvalue weighted by atomic mass is 9.82. The third-order valence-corrected chi connectivity index (χ3v) is 11.8. The summed E-state index contributed by atoms with van der Waals surface area (Å²) in [5, 5.41) is 2.40. The smallest absolute Gasteiger partial charge is 0.266 e. The maximum atomic E-state index is 14.4. The van der Waals surface area contributed by atoms with Gasteiger partial charge in [0.1, 0.15) is 17.0 Å². The summed E-state index contributed by atoms with van der Waals surface area (Å²) in [5.41, 5.74) is 14.0. The third-order valence-electron chi connectivity index (χ3n) is 11.8. The van der Waals surface area contributed by atoms with Gasteiger partial charge in [-0.1, -0.05) is 135 Å². The molecule has 58 heavy (non-hydrogen) atoms. The van der Waals surface area contributed by atoms with Gasteiger partial charge in [0.2, 0.25) is 0 Å². The first-order valence-electron chi connectivity index (χ1n) is 19.7. The van der Waals surface area contributed by atoms with E-state index in [0.29, 0.717) is 16.7 Å². The molecule has 11 rings (SSSR count). The van der Waals surface area contributed by atoms with Crippen molar-refractivity contribution < 1.29 is 4.42 Å². The zero-order valence-electron chi connectivity index (χ0n) is 32.1. The Kier molecular flexibility index (Phi) is 7.60. The van der Waals surface area contributed by atoms with Gasteiger partial charge in [0.15, 0.2) is 0 Å². The molecule has 2 heterocycles. The van der Waals surface area contributed by atoms with Crippen LogP contribution in [0.25, 0.3) is 72.2 Å². The van der Waals surface area contributed by atoms with Gasteiger partial charge in [-0.2, -0.15) is 0 Å². The summed E-state index contributed by atoms with van der Waals surface area (Å²) in [4.78, 5) is 21.9. The summed E-state index contributed by atoms with van der Waals surface area (Å²) in [6, 6.07) is 64.6. The molecular weight excluding hydrogens is 711 g/mol. The Bertz CT molecular complexity index is 3270. The van der Waals surface area contributed by atoms with E-state index in [4.69, 9.17) is 9.40 Å². The van der Waals surface area contributed by atoms with Crippen LogP contribution in [0.15, 0.2) is 197 Å². The molecule has 8 aromatic carbocycles. The summed E-state index contributed by atoms with van der Waals surface area (Å²) < 4.78 is 8.33. The predicted octanol–water partition coefficient (Wildman–Crippen LogP) is 13.4. The zero-order valence-corrected chi connectivity index (χ0v) is 32.1. The highest BCUT2D eigenvalue weighted by Gasteiger charge is 2.37. The summed E-state index contributed by atoms with van der Waals surface area (Å²) in [7, 11) is 0. The molecule has 0 N–H and O–H groups in total. The van der Waals surface area contributed by atoms with Crippen molar-refractivity contribution in [2.75, 3.05) is 4.90 Å². The van der Waals surface area contributed by atoms with E-state index in [0.717, 1.165) is 55.8 Å². The van der Waals surface area contributed by atoms with E-state index >= 15 is 0 Å². The number of aromatic nitrogens is 2. The number of benzene rings is 8. The monoisotopic (exact) mass is 747 g/mol. The highest BCUT2D eigenvalue weighted by molar-refractivity contribution is 6.13. The first-order chi connectivity index (χ1) is 28.5. The summed E-state index contributed by atoms with van der Waals surface area (Å²) in [6.45, 7) is 4.64. The van der Waals surface area contributed by atoms with Gasteiger partial charge in [-0.3, -0.25) is 9.36 Å². The number of fused-ring (bicyclic) bond motifs is 7. The summed E-state index contributed by atoms with van der Waals surface area (Å²) in [5.74, 6) is 0.557. The Labute approximate surface area is 335 Å². The fourth-order valence-corrected chi connectivity index (χ4v) is 9.05. The number of furan rings is 1. The molecule has 0 bridgehead atoms. The molecule has 0 radical (unpaired) electrons. The summed E-state index contributed by atoms with van der Waals surface area (Å²) in [6.07, 6.45) is 0. The minimum Gasteiger partial charge on any atom is -0.456 e. The number of nitrogens with zero attached hydrogens (tertiary/aromatic N) is 3. The number of anilines is 3. The Morgan fingerprint density at radius 2 is 1.21 bits per heavy atom. The molecule has 5 heteroatoms. The van der Waals surface area contributed by atoms with Crippen LogP contribution >= 0.6 is 0 Å². The van der Waals surface area contributed by atoms with Crippen LogP contribution in [0.4, 0.5) is 17.1 Å². The highest BCUT2D eigenvalue weighted by Crippen LogP contribution is 2.54. The standard InChI is InChI=1S/C53H37N3O2/c1-53(2)43-22-11-9-19-39(43)50-44(53)23-14-25-46(50)55(37-29-27-35(28-30-37)34-15-5-3-6-16-34)38-31-32-47-42(33-38)49-41(21-13-26-48(49)58-47)51-54-45-24-12-10-20-40(45)52(57)56(51)36-17-7-4-8-18-36/h3-33H,1-2H3. The number of hydrogen-bond acceptors (Lipinski definition) is 4. The Morgan fingerprint density at radius 3 is 2.03 bits per heavy atom. The Morgan fingerprint density at radius 1 is 0.552 bits per heavy atom. The molecule has 276 valence electrons. The number of para-hydroxylation sites is 2. The molecule has 0 saturated heterocycles. The topological polar surface area (TPSA) is 51.3 Å². The van der Waals surface area contributed by atoms with E-state index in [9.17, 15) is 4.79 Å². The van der Waals surface area contributed by atoms with Gasteiger partial charge < -0.3 is 9.32 Å². The minimum atomic E-state index is -0.161. The van der Waals surface area contributed by atoms with Gasteiger partial charge in [-0.05, 0) is 94.5 Å². The molecule has 0 atom stereocenters. The maximum absolute atomic E-state index is 14.4. The number of hydrogen-bond donors (Lipinski definition) is 0. The number of rotatable bonds is 6. The molecule has 0 fully saturated rings. The molecule has 5 nitrogen and oxygen atoms in total. The van der Waals surface area contributed by atoms with E-state index in [1.54, 1.807) is 4.57 Å². The second kappa shape index (κ2) is 13.0. The lowest BCUT2D eigenvalue weighted by Crippen LogP contribution is -2.22. The van der Waals surface area contributed by atoms with Gasteiger partial charge in [0, 0.05) is 38.7 Å². The van der Waals surface area contributed by atoms with Crippen molar-refractivity contribution in [3.05, 3.63) is 210 Å². The largest absolute Gasteiger partial charge is 0.456 e. The zero-order chi connectivity index (χ0) is 39.0. The quantitative estimate of drug-likeness (QED) is 0.170. The first-order valence-corrected chi connectivity index (χ1v) is 19.7. The molecule has 1 aliphatic carbocycles. The van der Waals surface area contributed by atoms with E-state index in [1.807, 2.05) is 78.9 Å². The van der Waals surface area contributed by atoms with Crippen molar-refractivity contribution in [3.8, 4) is 39.3 Å². The molecule has 2 aromatic heterocycles.